The largest absolute Gasteiger partial charge is 0.347 e. The molecule has 0 amide bonds. The first kappa shape index (κ1) is 15.7. The normalized spacial score (nSPS) is 13.0. The number of ether oxygens (including phenoxy) is 1. The summed E-state index contributed by atoms with van der Waals surface area (Å²) in [7, 11) is -3.82. The first-order chi connectivity index (χ1) is 9.99. The van der Waals surface area contributed by atoms with Crippen molar-refractivity contribution >= 4 is 10.1 Å². The topological polar surface area (TPSA) is 52.6 Å². The zero-order valence-electron chi connectivity index (χ0n) is 12.0. The number of rotatable bonds is 6. The molecule has 0 aromatic heterocycles. The molecular weight excluding hydrogens is 288 g/mol. The lowest BCUT2D eigenvalue weighted by Crippen LogP contribution is -2.19. The maximum absolute atomic E-state index is 12.2. The lowest BCUT2D eigenvalue weighted by molar-refractivity contribution is -0.0721. The molecule has 0 bridgehead atoms. The van der Waals surface area contributed by atoms with E-state index in [0.29, 0.717) is 12.2 Å². The van der Waals surface area contributed by atoms with Crippen LogP contribution in [-0.2, 0) is 25.6 Å². The Hall–Kier alpha value is -1.69. The predicted octanol–water partition coefficient (Wildman–Crippen LogP) is 3.26. The van der Waals surface area contributed by atoms with Crippen molar-refractivity contribution in [3.8, 4) is 0 Å². The highest BCUT2D eigenvalue weighted by Crippen LogP contribution is 2.19. The second kappa shape index (κ2) is 6.85. The second-order valence-electron chi connectivity index (χ2n) is 4.68. The van der Waals surface area contributed by atoms with E-state index in [1.54, 1.807) is 32.0 Å². The Bertz CT molecular complexity index is 680. The third-order valence-electron chi connectivity index (χ3n) is 2.95. The second-order valence-corrected chi connectivity index (χ2v) is 6.22. The summed E-state index contributed by atoms with van der Waals surface area (Å²) in [4.78, 5) is 0.167. The van der Waals surface area contributed by atoms with Gasteiger partial charge in [-0.25, -0.2) is 4.18 Å². The molecule has 0 N–H and O–H groups in total. The van der Waals surface area contributed by atoms with E-state index in [2.05, 4.69) is 0 Å². The molecular formula is C16H18O4S. The minimum Gasteiger partial charge on any atom is -0.347 e. The van der Waals surface area contributed by atoms with Crippen LogP contribution in [0.25, 0.3) is 0 Å². The molecule has 0 aliphatic carbocycles. The van der Waals surface area contributed by atoms with Gasteiger partial charge in [0.15, 0.2) is 6.29 Å². The van der Waals surface area contributed by atoms with Gasteiger partial charge >= 0.3 is 0 Å². The van der Waals surface area contributed by atoms with E-state index in [1.807, 2.05) is 30.3 Å². The lowest BCUT2D eigenvalue weighted by Gasteiger charge is -2.15. The summed E-state index contributed by atoms with van der Waals surface area (Å²) in [6.45, 7) is 3.59. The van der Waals surface area contributed by atoms with Gasteiger partial charge in [-0.15, -0.1) is 0 Å². The van der Waals surface area contributed by atoms with E-state index < -0.39 is 16.4 Å². The molecule has 1 unspecified atom stereocenters. The van der Waals surface area contributed by atoms with Gasteiger partial charge in [0.05, 0.1) is 11.5 Å². The van der Waals surface area contributed by atoms with Crippen LogP contribution in [0.1, 0.15) is 18.1 Å². The number of hydrogen-bond acceptors (Lipinski definition) is 4. The van der Waals surface area contributed by atoms with Crippen LogP contribution in [0.5, 0.6) is 0 Å². The van der Waals surface area contributed by atoms with E-state index in [9.17, 15) is 8.42 Å². The van der Waals surface area contributed by atoms with Gasteiger partial charge in [-0.05, 0) is 31.0 Å². The fraction of sp³-hybridized carbons (Fsp3) is 0.250. The SMILES string of the molecule is Cc1ccccc1S(=O)(=O)OC(C)OCc1ccccc1. The van der Waals surface area contributed by atoms with E-state index in [1.165, 1.54) is 6.07 Å². The van der Waals surface area contributed by atoms with E-state index in [4.69, 9.17) is 8.92 Å². The van der Waals surface area contributed by atoms with Crippen molar-refractivity contribution in [2.75, 3.05) is 0 Å². The van der Waals surface area contributed by atoms with Crippen molar-refractivity contribution in [3.63, 3.8) is 0 Å². The van der Waals surface area contributed by atoms with Gasteiger partial charge in [0.25, 0.3) is 10.1 Å². The molecule has 0 heterocycles. The van der Waals surface area contributed by atoms with Gasteiger partial charge < -0.3 is 4.74 Å². The molecule has 0 radical (unpaired) electrons. The van der Waals surface area contributed by atoms with Crippen LogP contribution in [0.15, 0.2) is 59.5 Å². The van der Waals surface area contributed by atoms with Crippen molar-refractivity contribution in [2.45, 2.75) is 31.6 Å². The van der Waals surface area contributed by atoms with Gasteiger partial charge in [0.1, 0.15) is 0 Å². The number of hydrogen-bond donors (Lipinski definition) is 0. The Balaban J connectivity index is 1.99. The molecule has 4 nitrogen and oxygen atoms in total. The number of benzene rings is 2. The highest BCUT2D eigenvalue weighted by Gasteiger charge is 2.21. The van der Waals surface area contributed by atoms with Crippen LogP contribution < -0.4 is 0 Å². The third kappa shape index (κ3) is 4.39. The molecule has 0 aliphatic heterocycles. The van der Waals surface area contributed by atoms with Crippen LogP contribution >= 0.6 is 0 Å². The van der Waals surface area contributed by atoms with Crippen LogP contribution in [0.2, 0.25) is 0 Å². The first-order valence-electron chi connectivity index (χ1n) is 6.63. The molecule has 1 atom stereocenters. The fourth-order valence-electron chi connectivity index (χ4n) is 1.88. The van der Waals surface area contributed by atoms with Gasteiger partial charge in [0, 0.05) is 0 Å². The molecule has 2 aromatic rings. The van der Waals surface area contributed by atoms with Crippen molar-refractivity contribution in [2.24, 2.45) is 0 Å². The average Bonchev–Trinajstić information content (AvgIpc) is 2.46. The van der Waals surface area contributed by atoms with Gasteiger partial charge in [-0.3, -0.25) is 0 Å². The molecule has 0 spiro atoms. The lowest BCUT2D eigenvalue weighted by atomic mass is 10.2. The summed E-state index contributed by atoms with van der Waals surface area (Å²) in [5.74, 6) is 0. The van der Waals surface area contributed by atoms with Crippen molar-refractivity contribution in [1.29, 1.82) is 0 Å². The molecule has 21 heavy (non-hydrogen) atoms. The maximum atomic E-state index is 12.2. The molecule has 0 fully saturated rings. The Morgan fingerprint density at radius 3 is 2.29 bits per heavy atom. The van der Waals surface area contributed by atoms with E-state index >= 15 is 0 Å². The monoisotopic (exact) mass is 306 g/mol. The minimum absolute atomic E-state index is 0.167. The Kier molecular flexibility index (Phi) is 5.12. The first-order valence-corrected chi connectivity index (χ1v) is 8.04. The Morgan fingerprint density at radius 1 is 1.00 bits per heavy atom. The fourth-order valence-corrected chi connectivity index (χ4v) is 3.11. The summed E-state index contributed by atoms with van der Waals surface area (Å²) in [5, 5.41) is 0. The van der Waals surface area contributed by atoms with Crippen molar-refractivity contribution < 1.29 is 17.3 Å². The van der Waals surface area contributed by atoms with Crippen LogP contribution in [-0.4, -0.2) is 14.7 Å². The quantitative estimate of drug-likeness (QED) is 0.607. The van der Waals surface area contributed by atoms with E-state index in [0.717, 1.165) is 5.56 Å². The van der Waals surface area contributed by atoms with E-state index in [-0.39, 0.29) is 4.90 Å². The van der Waals surface area contributed by atoms with Crippen LogP contribution in [0.3, 0.4) is 0 Å². The highest BCUT2D eigenvalue weighted by molar-refractivity contribution is 7.86. The summed E-state index contributed by atoms with van der Waals surface area (Å²) < 4.78 is 34.8. The molecule has 2 rings (SSSR count). The zero-order chi connectivity index (χ0) is 15.3. The Labute approximate surface area is 125 Å². The molecule has 5 heteroatoms. The highest BCUT2D eigenvalue weighted by atomic mass is 32.2. The summed E-state index contributed by atoms with van der Waals surface area (Å²) in [6.07, 6.45) is -0.852. The van der Waals surface area contributed by atoms with Crippen LogP contribution in [0.4, 0.5) is 0 Å². The van der Waals surface area contributed by atoms with Crippen molar-refractivity contribution in [1.82, 2.24) is 0 Å². The molecule has 112 valence electrons. The van der Waals surface area contributed by atoms with Gasteiger partial charge in [0.2, 0.25) is 0 Å². The molecule has 2 aromatic carbocycles. The predicted molar refractivity (Wildman–Crippen MR) is 80.1 cm³/mol. The third-order valence-corrected chi connectivity index (χ3v) is 4.47. The molecule has 0 saturated carbocycles. The average molecular weight is 306 g/mol. The summed E-state index contributed by atoms with van der Waals surface area (Å²) in [6, 6.07) is 16.2. The zero-order valence-corrected chi connectivity index (χ0v) is 12.8. The maximum Gasteiger partial charge on any atom is 0.299 e. The summed E-state index contributed by atoms with van der Waals surface area (Å²) in [5.41, 5.74) is 1.61. The molecule has 0 aliphatic rings. The summed E-state index contributed by atoms with van der Waals surface area (Å²) >= 11 is 0. The van der Waals surface area contributed by atoms with Gasteiger partial charge in [-0.2, -0.15) is 8.42 Å². The number of aryl methyl sites for hydroxylation is 1. The smallest absolute Gasteiger partial charge is 0.299 e. The van der Waals surface area contributed by atoms with Crippen LogP contribution in [0, 0.1) is 6.92 Å². The van der Waals surface area contributed by atoms with Gasteiger partial charge in [-0.1, -0.05) is 48.5 Å². The standard InChI is InChI=1S/C16H18O4S/c1-13-8-6-7-11-16(13)21(17,18)20-14(2)19-12-15-9-4-3-5-10-15/h3-11,14H,12H2,1-2H3. The minimum atomic E-state index is -3.82. The van der Waals surface area contributed by atoms with Crippen molar-refractivity contribution in [3.05, 3.63) is 65.7 Å². The molecule has 0 saturated heterocycles. The Morgan fingerprint density at radius 2 is 1.62 bits per heavy atom.